The number of benzene rings is 1. The molecular weight excluding hydrogens is 230 g/mol. The zero-order valence-electron chi connectivity index (χ0n) is 10.3. The SMILES string of the molecule is CCOC(=O)CCC1=Nc2ccccc2CC1=O. The third kappa shape index (κ3) is 2.83. The van der Waals surface area contributed by atoms with Crippen LogP contribution in [0.4, 0.5) is 5.69 Å². The van der Waals surface area contributed by atoms with E-state index in [0.29, 0.717) is 25.2 Å². The summed E-state index contributed by atoms with van der Waals surface area (Å²) in [5.41, 5.74) is 2.25. The van der Waals surface area contributed by atoms with Gasteiger partial charge in [0.2, 0.25) is 0 Å². The van der Waals surface area contributed by atoms with Crippen molar-refractivity contribution in [3.8, 4) is 0 Å². The highest BCUT2D eigenvalue weighted by Gasteiger charge is 2.20. The van der Waals surface area contributed by atoms with Crippen molar-refractivity contribution in [3.05, 3.63) is 29.8 Å². The molecule has 18 heavy (non-hydrogen) atoms. The second kappa shape index (κ2) is 5.58. The second-order valence-corrected chi connectivity index (χ2v) is 4.09. The topological polar surface area (TPSA) is 55.7 Å². The summed E-state index contributed by atoms with van der Waals surface area (Å²) in [4.78, 5) is 27.4. The number of esters is 1. The molecule has 0 N–H and O–H groups in total. The Labute approximate surface area is 106 Å². The predicted octanol–water partition coefficient (Wildman–Crippen LogP) is 2.23. The average Bonchev–Trinajstić information content (AvgIpc) is 2.36. The molecule has 4 heteroatoms. The lowest BCUT2D eigenvalue weighted by molar-refractivity contribution is -0.142. The molecule has 0 radical (unpaired) electrons. The summed E-state index contributed by atoms with van der Waals surface area (Å²) in [5.74, 6) is -0.287. The number of ether oxygens (including phenoxy) is 1. The van der Waals surface area contributed by atoms with Crippen molar-refractivity contribution in [2.45, 2.75) is 26.2 Å². The van der Waals surface area contributed by atoms with Crippen LogP contribution in [0.3, 0.4) is 0 Å². The van der Waals surface area contributed by atoms with E-state index in [2.05, 4.69) is 4.99 Å². The van der Waals surface area contributed by atoms with Gasteiger partial charge in [0.15, 0.2) is 5.78 Å². The highest BCUT2D eigenvalue weighted by molar-refractivity contribution is 6.41. The van der Waals surface area contributed by atoms with Crippen LogP contribution >= 0.6 is 0 Å². The fraction of sp³-hybridized carbons (Fsp3) is 0.357. The summed E-state index contributed by atoms with van der Waals surface area (Å²) in [7, 11) is 0. The van der Waals surface area contributed by atoms with Gasteiger partial charge in [-0.15, -0.1) is 0 Å². The van der Waals surface area contributed by atoms with E-state index in [9.17, 15) is 9.59 Å². The van der Waals surface area contributed by atoms with Crippen LogP contribution in [0, 0.1) is 0 Å². The van der Waals surface area contributed by atoms with Gasteiger partial charge in [0.1, 0.15) is 0 Å². The minimum absolute atomic E-state index is 0.00185. The molecule has 0 amide bonds. The zero-order chi connectivity index (χ0) is 13.0. The van der Waals surface area contributed by atoms with Gasteiger partial charge in [-0.1, -0.05) is 18.2 Å². The number of hydrogen-bond acceptors (Lipinski definition) is 4. The van der Waals surface area contributed by atoms with Crippen LogP contribution < -0.4 is 0 Å². The molecule has 1 aromatic rings. The lowest BCUT2D eigenvalue weighted by Gasteiger charge is -2.13. The van der Waals surface area contributed by atoms with Crippen molar-refractivity contribution in [3.63, 3.8) is 0 Å². The molecule has 0 fully saturated rings. The van der Waals surface area contributed by atoms with E-state index in [0.717, 1.165) is 11.3 Å². The van der Waals surface area contributed by atoms with Crippen LogP contribution in [0.2, 0.25) is 0 Å². The number of carbonyl (C=O) groups excluding carboxylic acids is 2. The van der Waals surface area contributed by atoms with E-state index in [-0.39, 0.29) is 18.2 Å². The van der Waals surface area contributed by atoms with Gasteiger partial charge in [-0.05, 0) is 18.6 Å². The molecule has 1 heterocycles. The van der Waals surface area contributed by atoms with Gasteiger partial charge >= 0.3 is 5.97 Å². The van der Waals surface area contributed by atoms with Crippen molar-refractivity contribution in [2.75, 3.05) is 6.61 Å². The molecule has 0 aliphatic carbocycles. The first kappa shape index (κ1) is 12.5. The van der Waals surface area contributed by atoms with Gasteiger partial charge in [0.05, 0.1) is 24.4 Å². The van der Waals surface area contributed by atoms with Crippen molar-refractivity contribution < 1.29 is 14.3 Å². The van der Waals surface area contributed by atoms with Crippen molar-refractivity contribution >= 4 is 23.2 Å². The molecule has 0 atom stereocenters. The second-order valence-electron chi connectivity index (χ2n) is 4.09. The molecule has 0 unspecified atom stereocenters. The number of nitrogens with zero attached hydrogens (tertiary/aromatic N) is 1. The third-order valence-corrected chi connectivity index (χ3v) is 2.79. The molecule has 4 nitrogen and oxygen atoms in total. The summed E-state index contributed by atoms with van der Waals surface area (Å²) >= 11 is 0. The van der Waals surface area contributed by atoms with Gasteiger partial charge in [0.25, 0.3) is 0 Å². The molecule has 1 aliphatic heterocycles. The summed E-state index contributed by atoms with van der Waals surface area (Å²) in [6.07, 6.45) is 0.935. The molecule has 0 saturated carbocycles. The first-order valence-corrected chi connectivity index (χ1v) is 6.05. The Hall–Kier alpha value is -1.97. The molecular formula is C14H15NO3. The molecule has 2 rings (SSSR count). The average molecular weight is 245 g/mol. The van der Waals surface area contributed by atoms with E-state index in [4.69, 9.17) is 4.74 Å². The summed E-state index contributed by atoms with van der Waals surface area (Å²) < 4.78 is 4.83. The number of fused-ring (bicyclic) bond motifs is 1. The standard InChI is InChI=1S/C14H15NO3/c1-2-18-14(17)8-7-12-13(16)9-10-5-3-4-6-11(10)15-12/h3-6H,2,7-9H2,1H3. The number of hydrogen-bond donors (Lipinski definition) is 0. The maximum Gasteiger partial charge on any atom is 0.306 e. The zero-order valence-corrected chi connectivity index (χ0v) is 10.3. The first-order valence-electron chi connectivity index (χ1n) is 6.05. The van der Waals surface area contributed by atoms with Gasteiger partial charge in [-0.3, -0.25) is 9.59 Å². The number of Topliss-reactive ketones (excluding diaryl/α,β-unsaturated/α-hetero) is 1. The molecule has 1 aromatic carbocycles. The first-order chi connectivity index (χ1) is 8.70. The number of aliphatic imine (C=N–C) groups is 1. The molecule has 94 valence electrons. The largest absolute Gasteiger partial charge is 0.466 e. The molecule has 0 spiro atoms. The van der Waals surface area contributed by atoms with Gasteiger partial charge in [-0.25, -0.2) is 4.99 Å². The molecule has 0 aromatic heterocycles. The monoisotopic (exact) mass is 245 g/mol. The third-order valence-electron chi connectivity index (χ3n) is 2.79. The normalized spacial score (nSPS) is 13.8. The molecule has 0 bridgehead atoms. The van der Waals surface area contributed by atoms with E-state index in [1.165, 1.54) is 0 Å². The predicted molar refractivity (Wildman–Crippen MR) is 68.1 cm³/mol. The lowest BCUT2D eigenvalue weighted by atomic mass is 9.98. The number of ketones is 1. The van der Waals surface area contributed by atoms with Crippen molar-refractivity contribution in [1.29, 1.82) is 0 Å². The van der Waals surface area contributed by atoms with Crippen molar-refractivity contribution in [2.24, 2.45) is 4.99 Å². The summed E-state index contributed by atoms with van der Waals surface area (Å²) in [6.45, 7) is 2.12. The molecule has 1 aliphatic rings. The number of rotatable bonds is 4. The van der Waals surface area contributed by atoms with Crippen LogP contribution in [0.25, 0.3) is 0 Å². The fourth-order valence-electron chi connectivity index (χ4n) is 1.90. The quantitative estimate of drug-likeness (QED) is 0.764. The van der Waals surface area contributed by atoms with Crippen molar-refractivity contribution in [1.82, 2.24) is 0 Å². The van der Waals surface area contributed by atoms with Crippen LogP contribution in [-0.4, -0.2) is 24.1 Å². The van der Waals surface area contributed by atoms with E-state index >= 15 is 0 Å². The van der Waals surface area contributed by atoms with Crippen LogP contribution in [0.5, 0.6) is 0 Å². The fourth-order valence-corrected chi connectivity index (χ4v) is 1.90. The van der Waals surface area contributed by atoms with Crippen LogP contribution in [-0.2, 0) is 20.7 Å². The van der Waals surface area contributed by atoms with Gasteiger partial charge in [0, 0.05) is 12.8 Å². The van der Waals surface area contributed by atoms with E-state index in [1.54, 1.807) is 6.92 Å². The number of para-hydroxylation sites is 1. The van der Waals surface area contributed by atoms with E-state index < -0.39 is 0 Å². The maximum absolute atomic E-state index is 11.8. The Balaban J connectivity index is 2.07. The van der Waals surface area contributed by atoms with Gasteiger partial charge < -0.3 is 4.74 Å². The highest BCUT2D eigenvalue weighted by atomic mass is 16.5. The Morgan fingerprint density at radius 2 is 2.17 bits per heavy atom. The Morgan fingerprint density at radius 1 is 1.39 bits per heavy atom. The lowest BCUT2D eigenvalue weighted by Crippen LogP contribution is -2.21. The molecule has 0 saturated heterocycles. The maximum atomic E-state index is 11.8. The Bertz CT molecular complexity index is 506. The minimum atomic E-state index is -0.285. The number of carbonyl (C=O) groups is 2. The Morgan fingerprint density at radius 3 is 2.94 bits per heavy atom. The highest BCUT2D eigenvalue weighted by Crippen LogP contribution is 2.24. The smallest absolute Gasteiger partial charge is 0.306 e. The van der Waals surface area contributed by atoms with Crippen LogP contribution in [0.1, 0.15) is 25.3 Å². The van der Waals surface area contributed by atoms with E-state index in [1.807, 2.05) is 24.3 Å². The van der Waals surface area contributed by atoms with Crippen LogP contribution in [0.15, 0.2) is 29.3 Å². The minimum Gasteiger partial charge on any atom is -0.466 e. The van der Waals surface area contributed by atoms with Gasteiger partial charge in [-0.2, -0.15) is 0 Å². The Kier molecular flexibility index (Phi) is 3.87. The summed E-state index contributed by atoms with van der Waals surface area (Å²) in [6, 6.07) is 7.57. The summed E-state index contributed by atoms with van der Waals surface area (Å²) in [5, 5.41) is 0.